The van der Waals surface area contributed by atoms with Gasteiger partial charge in [-0.05, 0) is 50.3 Å². The zero-order chi connectivity index (χ0) is 27.7. The first kappa shape index (κ1) is 28.7. The average Bonchev–Trinajstić information content (AvgIpc) is 2.90. The van der Waals surface area contributed by atoms with Crippen molar-refractivity contribution in [1.29, 1.82) is 0 Å². The van der Waals surface area contributed by atoms with E-state index >= 15 is 0 Å². The maximum atomic E-state index is 12.0. The molecule has 0 saturated heterocycles. The average molecular weight is 523 g/mol. The highest BCUT2D eigenvalue weighted by molar-refractivity contribution is 5.95. The van der Waals surface area contributed by atoms with E-state index in [2.05, 4.69) is 30.4 Å². The Morgan fingerprint density at radius 1 is 1.08 bits per heavy atom. The number of aliphatic hydroxyl groups is 1. The first-order valence-electron chi connectivity index (χ1n) is 12.6. The third kappa shape index (κ3) is 7.80. The van der Waals surface area contributed by atoms with E-state index in [-0.39, 0.29) is 11.9 Å². The minimum atomic E-state index is -0.941. The van der Waals surface area contributed by atoms with Gasteiger partial charge < -0.3 is 35.0 Å². The van der Waals surface area contributed by atoms with E-state index in [1.807, 2.05) is 58.4 Å². The maximum absolute atomic E-state index is 12.0. The molecule has 0 spiro atoms. The molecule has 3 rings (SSSR count). The quantitative estimate of drug-likeness (QED) is 0.306. The number of methoxy groups -OCH3 is 1. The molecule has 0 aliphatic heterocycles. The van der Waals surface area contributed by atoms with Crippen LogP contribution in [0.2, 0.25) is 0 Å². The number of hydrogen-bond acceptors (Lipinski definition) is 9. The van der Waals surface area contributed by atoms with Gasteiger partial charge >= 0.3 is 0 Å². The van der Waals surface area contributed by atoms with Gasteiger partial charge in [0.2, 0.25) is 11.9 Å². The molecule has 204 valence electrons. The summed E-state index contributed by atoms with van der Waals surface area (Å²) in [5, 5.41) is 17.0. The fourth-order valence-corrected chi connectivity index (χ4v) is 3.75. The van der Waals surface area contributed by atoms with Crippen LogP contribution >= 0.6 is 0 Å². The lowest BCUT2D eigenvalue weighted by Gasteiger charge is -2.26. The fourth-order valence-electron chi connectivity index (χ4n) is 3.75. The van der Waals surface area contributed by atoms with Crippen molar-refractivity contribution < 1.29 is 19.4 Å². The standard InChI is InChI=1S/C28H38N6O4/c1-7-16-38-21-10-8-20(9-11-21)27(36)22-12-13-29-28(31-22)32-24-17-23(30-19(2)35)25(18-26(24)37-6)34(5)15-14-33(3)4/h8-13,17-18,27,36H,7,14-16H2,1-6H3,(H,30,35)(H,29,31,32). The van der Waals surface area contributed by atoms with E-state index in [1.165, 1.54) is 6.92 Å². The van der Waals surface area contributed by atoms with Crippen molar-refractivity contribution in [3.63, 3.8) is 0 Å². The van der Waals surface area contributed by atoms with Crippen molar-refractivity contribution in [3.8, 4) is 11.5 Å². The number of aromatic nitrogens is 2. The summed E-state index contributed by atoms with van der Waals surface area (Å²) in [4.78, 5) is 25.0. The Labute approximate surface area is 224 Å². The molecule has 1 atom stereocenters. The predicted molar refractivity (Wildman–Crippen MR) is 151 cm³/mol. The molecule has 0 radical (unpaired) electrons. The predicted octanol–water partition coefficient (Wildman–Crippen LogP) is 4.06. The Morgan fingerprint density at radius 3 is 2.45 bits per heavy atom. The zero-order valence-electron chi connectivity index (χ0n) is 23.0. The zero-order valence-corrected chi connectivity index (χ0v) is 23.0. The Hall–Kier alpha value is -3.89. The minimum absolute atomic E-state index is 0.184. The van der Waals surface area contributed by atoms with Gasteiger partial charge in [0.1, 0.15) is 17.6 Å². The largest absolute Gasteiger partial charge is 0.494 e. The number of hydrogen-bond donors (Lipinski definition) is 3. The van der Waals surface area contributed by atoms with Crippen LogP contribution in [0.4, 0.5) is 23.0 Å². The summed E-state index contributed by atoms with van der Waals surface area (Å²) in [5.41, 5.74) is 3.15. The van der Waals surface area contributed by atoms with Crippen LogP contribution in [0.25, 0.3) is 0 Å². The van der Waals surface area contributed by atoms with Gasteiger partial charge in [-0.1, -0.05) is 19.1 Å². The third-order valence-electron chi connectivity index (χ3n) is 5.79. The molecule has 1 heterocycles. The van der Waals surface area contributed by atoms with Crippen LogP contribution in [0.1, 0.15) is 37.6 Å². The van der Waals surface area contributed by atoms with E-state index in [1.54, 1.807) is 25.4 Å². The highest BCUT2D eigenvalue weighted by Gasteiger charge is 2.18. The lowest BCUT2D eigenvalue weighted by molar-refractivity contribution is -0.114. The molecule has 3 aromatic rings. The lowest BCUT2D eigenvalue weighted by Crippen LogP contribution is -2.29. The number of carbonyl (C=O) groups is 1. The molecular formula is C28H38N6O4. The second-order valence-electron chi connectivity index (χ2n) is 9.23. The molecule has 38 heavy (non-hydrogen) atoms. The Balaban J connectivity index is 1.86. The molecule has 0 fully saturated rings. The topological polar surface area (TPSA) is 112 Å². The molecule has 1 unspecified atom stereocenters. The molecule has 0 aliphatic carbocycles. The lowest BCUT2D eigenvalue weighted by atomic mass is 10.1. The van der Waals surface area contributed by atoms with Crippen LogP contribution < -0.4 is 25.0 Å². The molecule has 1 amide bonds. The Morgan fingerprint density at radius 2 is 1.82 bits per heavy atom. The van der Waals surface area contributed by atoms with Crippen molar-refractivity contribution in [2.75, 3.05) is 63.5 Å². The maximum Gasteiger partial charge on any atom is 0.227 e. The second-order valence-corrected chi connectivity index (χ2v) is 9.23. The van der Waals surface area contributed by atoms with Crippen molar-refractivity contribution in [1.82, 2.24) is 14.9 Å². The highest BCUT2D eigenvalue weighted by atomic mass is 16.5. The summed E-state index contributed by atoms with van der Waals surface area (Å²) in [6, 6.07) is 12.6. The molecule has 0 bridgehead atoms. The van der Waals surface area contributed by atoms with Gasteiger partial charge in [-0.15, -0.1) is 0 Å². The minimum Gasteiger partial charge on any atom is -0.494 e. The van der Waals surface area contributed by atoms with E-state index < -0.39 is 6.10 Å². The molecule has 0 saturated carbocycles. The first-order valence-corrected chi connectivity index (χ1v) is 12.6. The molecule has 10 heteroatoms. The smallest absolute Gasteiger partial charge is 0.227 e. The number of aliphatic hydroxyl groups excluding tert-OH is 1. The van der Waals surface area contributed by atoms with Gasteiger partial charge in [-0.25, -0.2) is 9.97 Å². The number of nitrogens with zero attached hydrogens (tertiary/aromatic N) is 4. The number of carbonyl (C=O) groups excluding carboxylic acids is 1. The Kier molecular flexibility index (Phi) is 10.3. The number of nitrogens with one attached hydrogen (secondary N) is 2. The summed E-state index contributed by atoms with van der Waals surface area (Å²) in [6.07, 6.45) is 1.56. The van der Waals surface area contributed by atoms with E-state index in [0.29, 0.717) is 35.0 Å². The van der Waals surface area contributed by atoms with E-state index in [4.69, 9.17) is 9.47 Å². The summed E-state index contributed by atoms with van der Waals surface area (Å²) in [6.45, 7) is 5.76. The van der Waals surface area contributed by atoms with Gasteiger partial charge in [-0.3, -0.25) is 4.79 Å². The summed E-state index contributed by atoms with van der Waals surface area (Å²) in [5.74, 6) is 1.41. The van der Waals surface area contributed by atoms with E-state index in [0.717, 1.165) is 30.9 Å². The van der Waals surface area contributed by atoms with Crippen LogP contribution in [0.3, 0.4) is 0 Å². The van der Waals surface area contributed by atoms with Gasteiger partial charge in [-0.2, -0.15) is 0 Å². The van der Waals surface area contributed by atoms with Gasteiger partial charge in [0, 0.05) is 39.3 Å². The van der Waals surface area contributed by atoms with Crippen LogP contribution in [-0.2, 0) is 4.79 Å². The van der Waals surface area contributed by atoms with Crippen molar-refractivity contribution in [2.24, 2.45) is 0 Å². The van der Waals surface area contributed by atoms with Crippen molar-refractivity contribution >= 4 is 28.9 Å². The monoisotopic (exact) mass is 522 g/mol. The van der Waals surface area contributed by atoms with Crippen LogP contribution in [0.5, 0.6) is 11.5 Å². The second kappa shape index (κ2) is 13.6. The molecule has 0 aliphatic rings. The number of amides is 1. The Bertz CT molecular complexity index is 1200. The fraction of sp³-hybridized carbons (Fsp3) is 0.393. The van der Waals surface area contributed by atoms with Gasteiger partial charge in [0.25, 0.3) is 0 Å². The van der Waals surface area contributed by atoms with Crippen LogP contribution in [-0.4, -0.2) is 73.8 Å². The number of rotatable bonds is 13. The molecule has 1 aromatic heterocycles. The molecule has 2 aromatic carbocycles. The summed E-state index contributed by atoms with van der Waals surface area (Å²) < 4.78 is 11.3. The summed E-state index contributed by atoms with van der Waals surface area (Å²) in [7, 11) is 7.57. The van der Waals surface area contributed by atoms with Gasteiger partial charge in [0.15, 0.2) is 0 Å². The number of ether oxygens (including phenoxy) is 2. The molecule has 3 N–H and O–H groups in total. The first-order chi connectivity index (χ1) is 18.2. The molecule has 10 nitrogen and oxygen atoms in total. The van der Waals surface area contributed by atoms with Crippen molar-refractivity contribution in [3.05, 3.63) is 59.9 Å². The third-order valence-corrected chi connectivity index (χ3v) is 5.79. The highest BCUT2D eigenvalue weighted by Crippen LogP contribution is 2.38. The number of benzene rings is 2. The summed E-state index contributed by atoms with van der Waals surface area (Å²) >= 11 is 0. The van der Waals surface area contributed by atoms with Crippen molar-refractivity contribution in [2.45, 2.75) is 26.4 Å². The molecular weight excluding hydrogens is 484 g/mol. The van der Waals surface area contributed by atoms with Crippen LogP contribution in [0, 0.1) is 0 Å². The number of likely N-dealkylation sites (N-methyl/N-ethyl adjacent to an activating group) is 2. The van der Waals surface area contributed by atoms with E-state index in [9.17, 15) is 9.90 Å². The van der Waals surface area contributed by atoms with Crippen LogP contribution in [0.15, 0.2) is 48.7 Å². The normalized spacial score (nSPS) is 11.7. The number of anilines is 4. The SMILES string of the molecule is CCCOc1ccc(C(O)c2ccnc(Nc3cc(NC(C)=O)c(N(C)CCN(C)C)cc3OC)n2)cc1. The van der Waals surface area contributed by atoms with Gasteiger partial charge in [0.05, 0.1) is 36.5 Å².